The van der Waals surface area contributed by atoms with Crippen LogP contribution in [0.2, 0.25) is 0 Å². The van der Waals surface area contributed by atoms with Crippen LogP contribution in [0.15, 0.2) is 33.5 Å². The number of hydrogen-bond acceptors (Lipinski definition) is 10. The number of nitro benzene ring substituents is 3. The van der Waals surface area contributed by atoms with E-state index in [2.05, 4.69) is 17.1 Å². The van der Waals surface area contributed by atoms with E-state index in [-0.39, 0.29) is 5.58 Å². The minimum atomic E-state index is -1.09. The summed E-state index contributed by atoms with van der Waals surface area (Å²) in [7, 11) is 0. The first-order valence-electron chi connectivity index (χ1n) is 6.59. The average Bonchev–Trinajstić information content (AvgIpc) is 2.59. The van der Waals surface area contributed by atoms with Crippen LogP contribution in [0.3, 0.4) is 0 Å². The monoisotopic (exact) mass is 379 g/mol. The van der Waals surface area contributed by atoms with Gasteiger partial charge in [0, 0.05) is 19.0 Å². The Balaban J connectivity index is 2.70. The summed E-state index contributed by atoms with van der Waals surface area (Å²) < 4.78 is 9.89. The van der Waals surface area contributed by atoms with Gasteiger partial charge in [0.2, 0.25) is 16.8 Å². The highest BCUT2D eigenvalue weighted by Crippen LogP contribution is 2.41. The highest BCUT2D eigenvalue weighted by molar-refractivity contribution is 7.75. The van der Waals surface area contributed by atoms with Crippen LogP contribution in [0.5, 0.6) is 5.75 Å². The number of benzene rings is 2. The predicted molar refractivity (Wildman–Crippen MR) is 89.6 cm³/mol. The van der Waals surface area contributed by atoms with E-state index in [9.17, 15) is 35.1 Å². The van der Waals surface area contributed by atoms with Gasteiger partial charge in [0.05, 0.1) is 14.8 Å². The summed E-state index contributed by atoms with van der Waals surface area (Å²) >= 11 is 3.46. The maximum Gasteiger partial charge on any atom is 0.320 e. The smallest absolute Gasteiger partial charge is 0.320 e. The molecule has 0 saturated carbocycles. The molecule has 1 aromatic heterocycles. The Labute approximate surface area is 146 Å². The first-order valence-corrected chi connectivity index (χ1v) is 6.95. The maximum absolute atomic E-state index is 12.8. The fraction of sp³-hybridized carbons (Fsp3) is 0. The standard InChI is InChI=1S/C13H5N3O9S/c17-11-9-5(14(18)19)2-1-3-8(9)24-12-6(15(20)21)4-7(16(22)23)13(25-26)10(11)12/h1-4,26H. The van der Waals surface area contributed by atoms with Gasteiger partial charge in [-0.15, -0.1) is 0 Å². The first kappa shape index (κ1) is 17.1. The zero-order valence-corrected chi connectivity index (χ0v) is 13.2. The van der Waals surface area contributed by atoms with Crippen LogP contribution in [-0.2, 0) is 0 Å². The Morgan fingerprint density at radius 1 is 0.923 bits per heavy atom. The molecule has 0 fully saturated rings. The topological polar surface area (TPSA) is 169 Å². The second-order valence-corrected chi connectivity index (χ2v) is 5.07. The third-order valence-electron chi connectivity index (χ3n) is 3.54. The van der Waals surface area contributed by atoms with E-state index in [1.807, 2.05) is 0 Å². The third-order valence-corrected chi connectivity index (χ3v) is 3.73. The molecular formula is C13H5N3O9S. The fourth-order valence-corrected chi connectivity index (χ4v) is 2.70. The summed E-state index contributed by atoms with van der Waals surface area (Å²) in [5.74, 6) is -0.715. The Morgan fingerprint density at radius 2 is 1.54 bits per heavy atom. The zero-order chi connectivity index (χ0) is 19.2. The summed E-state index contributed by atoms with van der Waals surface area (Å²) in [6, 6.07) is 4.01. The van der Waals surface area contributed by atoms with E-state index in [0.717, 1.165) is 6.07 Å². The zero-order valence-electron chi connectivity index (χ0n) is 12.3. The number of rotatable bonds is 4. The van der Waals surface area contributed by atoms with Crippen LogP contribution in [-0.4, -0.2) is 14.8 Å². The van der Waals surface area contributed by atoms with E-state index < -0.39 is 59.4 Å². The molecule has 0 atom stereocenters. The van der Waals surface area contributed by atoms with Crippen LogP contribution in [0.4, 0.5) is 17.1 Å². The van der Waals surface area contributed by atoms with Crippen LogP contribution < -0.4 is 9.61 Å². The minimum Gasteiger partial charge on any atom is -0.448 e. The van der Waals surface area contributed by atoms with Crippen molar-refractivity contribution in [3.05, 3.63) is 64.8 Å². The predicted octanol–water partition coefficient (Wildman–Crippen LogP) is 2.89. The molecule has 12 nitrogen and oxygen atoms in total. The van der Waals surface area contributed by atoms with Crippen LogP contribution in [0.25, 0.3) is 21.9 Å². The maximum atomic E-state index is 12.8. The molecule has 0 amide bonds. The van der Waals surface area contributed by atoms with Crippen molar-refractivity contribution in [1.29, 1.82) is 0 Å². The van der Waals surface area contributed by atoms with Crippen molar-refractivity contribution in [2.45, 2.75) is 0 Å². The Morgan fingerprint density at radius 3 is 2.08 bits per heavy atom. The second kappa shape index (κ2) is 5.96. The summed E-state index contributed by atoms with van der Waals surface area (Å²) in [5, 5.41) is 32.4. The van der Waals surface area contributed by atoms with Gasteiger partial charge in [-0.3, -0.25) is 35.1 Å². The number of non-ortho nitro benzene ring substituents is 2. The lowest BCUT2D eigenvalue weighted by molar-refractivity contribution is -0.393. The summed E-state index contributed by atoms with van der Waals surface area (Å²) in [6.07, 6.45) is 0. The molecule has 0 unspecified atom stereocenters. The van der Waals surface area contributed by atoms with E-state index in [4.69, 9.17) is 4.42 Å². The molecule has 0 aliphatic carbocycles. The summed E-state index contributed by atoms with van der Waals surface area (Å²) in [5.41, 5.74) is -4.42. The lowest BCUT2D eigenvalue weighted by Gasteiger charge is -2.07. The highest BCUT2D eigenvalue weighted by atomic mass is 32.1. The van der Waals surface area contributed by atoms with Crippen molar-refractivity contribution in [3.8, 4) is 5.75 Å². The molecular weight excluding hydrogens is 374 g/mol. The lowest BCUT2D eigenvalue weighted by Crippen LogP contribution is -2.08. The van der Waals surface area contributed by atoms with Crippen molar-refractivity contribution < 1.29 is 23.4 Å². The second-order valence-electron chi connectivity index (χ2n) is 4.89. The van der Waals surface area contributed by atoms with E-state index in [1.54, 1.807) is 0 Å². The van der Waals surface area contributed by atoms with Gasteiger partial charge in [-0.25, -0.2) is 0 Å². The lowest BCUT2D eigenvalue weighted by atomic mass is 10.1. The molecule has 0 aliphatic rings. The summed E-state index contributed by atoms with van der Waals surface area (Å²) in [4.78, 5) is 43.6. The summed E-state index contributed by atoms with van der Waals surface area (Å²) in [6.45, 7) is 0. The number of nitro groups is 3. The molecule has 132 valence electrons. The molecule has 26 heavy (non-hydrogen) atoms. The van der Waals surface area contributed by atoms with Gasteiger partial charge in [0.25, 0.3) is 5.69 Å². The Bertz CT molecular complexity index is 1190. The van der Waals surface area contributed by atoms with Gasteiger partial charge >= 0.3 is 11.4 Å². The van der Waals surface area contributed by atoms with Crippen molar-refractivity contribution >= 4 is 51.9 Å². The number of thiol groups is 1. The van der Waals surface area contributed by atoms with Gasteiger partial charge in [0.1, 0.15) is 22.4 Å². The van der Waals surface area contributed by atoms with Crippen LogP contribution in [0.1, 0.15) is 0 Å². The van der Waals surface area contributed by atoms with Gasteiger partial charge in [-0.05, 0) is 6.07 Å². The van der Waals surface area contributed by atoms with Gasteiger partial charge < -0.3 is 8.60 Å². The molecule has 0 spiro atoms. The molecule has 3 rings (SSSR count). The normalized spacial score (nSPS) is 10.8. The van der Waals surface area contributed by atoms with E-state index in [0.29, 0.717) is 6.07 Å². The highest BCUT2D eigenvalue weighted by Gasteiger charge is 2.32. The molecule has 0 N–H and O–H groups in total. The number of nitrogens with zero attached hydrogens (tertiary/aromatic N) is 3. The molecule has 2 aromatic carbocycles. The van der Waals surface area contributed by atoms with E-state index >= 15 is 0 Å². The van der Waals surface area contributed by atoms with E-state index in [1.165, 1.54) is 12.1 Å². The first-order chi connectivity index (χ1) is 12.3. The van der Waals surface area contributed by atoms with Crippen molar-refractivity contribution in [3.63, 3.8) is 0 Å². The fourth-order valence-electron chi connectivity index (χ4n) is 2.51. The van der Waals surface area contributed by atoms with Crippen molar-refractivity contribution in [2.75, 3.05) is 0 Å². The Hall–Kier alpha value is -3.74. The molecule has 1 heterocycles. The molecule has 0 bridgehead atoms. The SMILES string of the molecule is O=c1c2c([N+](=O)[O-])cccc2oc2c([N+](=O)[O-])cc([N+](=O)[O-])c(OS)c12. The molecule has 3 aromatic rings. The van der Waals surface area contributed by atoms with Gasteiger partial charge in [0.15, 0.2) is 0 Å². The van der Waals surface area contributed by atoms with Crippen LogP contribution in [0, 0.1) is 30.3 Å². The Kier molecular flexibility index (Phi) is 3.92. The number of fused-ring (bicyclic) bond motifs is 2. The van der Waals surface area contributed by atoms with Gasteiger partial charge in [-0.1, -0.05) is 6.07 Å². The molecule has 0 radical (unpaired) electrons. The minimum absolute atomic E-state index is 0.293. The quantitative estimate of drug-likeness (QED) is 0.235. The third kappa shape index (κ3) is 2.37. The average molecular weight is 379 g/mol. The van der Waals surface area contributed by atoms with Crippen molar-refractivity contribution in [1.82, 2.24) is 0 Å². The molecule has 0 aliphatic heterocycles. The van der Waals surface area contributed by atoms with Gasteiger partial charge in [-0.2, -0.15) is 0 Å². The molecule has 0 saturated heterocycles. The largest absolute Gasteiger partial charge is 0.448 e. The van der Waals surface area contributed by atoms with Crippen molar-refractivity contribution in [2.24, 2.45) is 0 Å². The van der Waals surface area contributed by atoms with Crippen LogP contribution >= 0.6 is 12.9 Å². The molecule has 13 heteroatoms. The number of hydrogen-bond donors (Lipinski definition) is 1.